The zero-order valence-corrected chi connectivity index (χ0v) is 25.6. The molecule has 2 aromatic heterocycles. The number of benzene rings is 3. The fraction of sp³-hybridized carbons (Fsp3) is 0.250. The van der Waals surface area contributed by atoms with Gasteiger partial charge in [-0.05, 0) is 88.5 Å². The van der Waals surface area contributed by atoms with E-state index in [0.29, 0.717) is 17.9 Å². The molecule has 46 heavy (non-hydrogen) atoms. The molecular formula is C36H31F3N4O2S. The number of fused-ring (bicyclic) bond motifs is 1. The van der Waals surface area contributed by atoms with Crippen molar-refractivity contribution < 1.29 is 22.8 Å². The van der Waals surface area contributed by atoms with Crippen LogP contribution in [0.1, 0.15) is 46.0 Å². The van der Waals surface area contributed by atoms with Crippen molar-refractivity contribution >= 4 is 39.1 Å². The number of rotatable bonds is 7. The maximum Gasteiger partial charge on any atom is 0.253 e. The molecule has 6 nitrogen and oxygen atoms in total. The molecule has 2 atom stereocenters. The van der Waals surface area contributed by atoms with Crippen molar-refractivity contribution in [2.45, 2.75) is 37.6 Å². The monoisotopic (exact) mass is 640 g/mol. The summed E-state index contributed by atoms with van der Waals surface area (Å²) in [5.41, 5.74) is 10.7. The van der Waals surface area contributed by atoms with Crippen molar-refractivity contribution in [3.05, 3.63) is 107 Å². The summed E-state index contributed by atoms with van der Waals surface area (Å²) < 4.78 is 42.0. The molecule has 0 unspecified atom stereocenters. The van der Waals surface area contributed by atoms with Gasteiger partial charge >= 0.3 is 0 Å². The van der Waals surface area contributed by atoms with Crippen molar-refractivity contribution in [1.82, 2.24) is 15.2 Å². The average Bonchev–Trinajstić information content (AvgIpc) is 3.75. The number of nitrogens with two attached hydrogens (primary N) is 1. The number of carbonyl (C=O) groups is 2. The van der Waals surface area contributed by atoms with Crippen molar-refractivity contribution in [3.8, 4) is 22.3 Å². The highest BCUT2D eigenvalue weighted by Gasteiger charge is 2.44. The minimum Gasteiger partial charge on any atom is -0.384 e. The summed E-state index contributed by atoms with van der Waals surface area (Å²) in [5, 5.41) is 4.08. The van der Waals surface area contributed by atoms with E-state index >= 15 is 0 Å². The second-order valence-electron chi connectivity index (χ2n) is 12.1. The summed E-state index contributed by atoms with van der Waals surface area (Å²) in [7, 11) is 0. The number of hydrogen-bond acceptors (Lipinski definition) is 5. The van der Waals surface area contributed by atoms with Crippen LogP contribution >= 0.6 is 11.3 Å². The van der Waals surface area contributed by atoms with Crippen LogP contribution in [0.15, 0.2) is 85.1 Å². The third kappa shape index (κ3) is 6.22. The second-order valence-corrected chi connectivity index (χ2v) is 13.2. The molecule has 10 heteroatoms. The van der Waals surface area contributed by atoms with Crippen LogP contribution in [0.5, 0.6) is 0 Å². The normalized spacial score (nSPS) is 18.8. The van der Waals surface area contributed by atoms with Gasteiger partial charge < -0.3 is 16.0 Å². The van der Waals surface area contributed by atoms with E-state index < -0.39 is 5.92 Å². The molecular weight excluding hydrogens is 609 g/mol. The molecule has 5 aromatic rings. The summed E-state index contributed by atoms with van der Waals surface area (Å²) >= 11 is 1.59. The summed E-state index contributed by atoms with van der Waals surface area (Å²) in [6, 6.07) is 23.4. The van der Waals surface area contributed by atoms with Crippen molar-refractivity contribution in [2.24, 2.45) is 5.92 Å². The molecule has 2 aliphatic rings. The van der Waals surface area contributed by atoms with Gasteiger partial charge in [-0.3, -0.25) is 9.59 Å². The summed E-state index contributed by atoms with van der Waals surface area (Å²) in [6.07, 6.45) is 1.87. The Morgan fingerprint density at radius 3 is 2.35 bits per heavy atom. The molecule has 0 radical (unpaired) electrons. The number of anilines is 1. The number of likely N-dealkylation sites (tertiary alicyclic amines) is 1. The predicted molar refractivity (Wildman–Crippen MR) is 174 cm³/mol. The zero-order valence-electron chi connectivity index (χ0n) is 24.8. The number of nitrogens with one attached hydrogen (secondary N) is 1. The van der Waals surface area contributed by atoms with E-state index in [9.17, 15) is 22.8 Å². The summed E-state index contributed by atoms with van der Waals surface area (Å²) in [5.74, 6) is -2.78. The maximum atomic E-state index is 13.8. The summed E-state index contributed by atoms with van der Waals surface area (Å²) in [4.78, 5) is 32.5. The third-order valence-corrected chi connectivity index (χ3v) is 10.1. The molecule has 2 fully saturated rings. The van der Waals surface area contributed by atoms with Crippen LogP contribution in [0.25, 0.3) is 32.3 Å². The SMILES string of the molecule is Nc1ccc([C@H]2C[C@@H]2C(=O)NCc2cc3cc(-c4ccc(C(=O)N5CCC(F)(F)CC5)cc4)cc(-c4ccc(F)cc4)c3s2)cn1. The fourth-order valence-electron chi connectivity index (χ4n) is 6.12. The second kappa shape index (κ2) is 11.9. The van der Waals surface area contributed by atoms with Crippen LogP contribution < -0.4 is 11.1 Å². The Labute approximate surface area is 268 Å². The number of alkyl halides is 2. The van der Waals surface area contributed by atoms with Crippen LogP contribution in [0, 0.1) is 11.7 Å². The molecule has 1 aliphatic heterocycles. The topological polar surface area (TPSA) is 88.3 Å². The van der Waals surface area contributed by atoms with Crippen LogP contribution in [0.3, 0.4) is 0 Å². The van der Waals surface area contributed by atoms with Gasteiger partial charge in [-0.2, -0.15) is 0 Å². The van der Waals surface area contributed by atoms with Gasteiger partial charge in [-0.15, -0.1) is 11.3 Å². The van der Waals surface area contributed by atoms with Gasteiger partial charge in [0.05, 0.1) is 6.54 Å². The zero-order chi connectivity index (χ0) is 32.0. The highest BCUT2D eigenvalue weighted by molar-refractivity contribution is 7.19. The Kier molecular flexibility index (Phi) is 7.76. The van der Waals surface area contributed by atoms with Gasteiger partial charge in [0.1, 0.15) is 11.6 Å². The smallest absolute Gasteiger partial charge is 0.253 e. The number of piperidine rings is 1. The van der Waals surface area contributed by atoms with E-state index in [1.807, 2.05) is 24.3 Å². The van der Waals surface area contributed by atoms with Crippen LogP contribution in [0.4, 0.5) is 19.0 Å². The highest BCUT2D eigenvalue weighted by Crippen LogP contribution is 2.47. The molecule has 1 saturated heterocycles. The van der Waals surface area contributed by atoms with Gasteiger partial charge in [0, 0.05) is 58.7 Å². The molecule has 1 aliphatic carbocycles. The lowest BCUT2D eigenvalue weighted by molar-refractivity contribution is -0.122. The first-order valence-corrected chi connectivity index (χ1v) is 16.0. The van der Waals surface area contributed by atoms with E-state index in [-0.39, 0.29) is 55.4 Å². The fourth-order valence-corrected chi connectivity index (χ4v) is 7.24. The van der Waals surface area contributed by atoms with Gasteiger partial charge in [0.2, 0.25) is 5.91 Å². The maximum absolute atomic E-state index is 13.8. The molecule has 3 heterocycles. The minimum atomic E-state index is -2.72. The number of carbonyl (C=O) groups excluding carboxylic acids is 2. The van der Waals surface area contributed by atoms with Gasteiger partial charge in [0.25, 0.3) is 11.8 Å². The average molecular weight is 641 g/mol. The van der Waals surface area contributed by atoms with Gasteiger partial charge in [-0.1, -0.05) is 30.3 Å². The lowest BCUT2D eigenvalue weighted by Crippen LogP contribution is -2.42. The van der Waals surface area contributed by atoms with E-state index in [4.69, 9.17) is 5.73 Å². The molecule has 3 aromatic carbocycles. The first-order valence-electron chi connectivity index (χ1n) is 15.2. The molecule has 1 saturated carbocycles. The largest absolute Gasteiger partial charge is 0.384 e. The molecule has 3 N–H and O–H groups in total. The Hall–Kier alpha value is -4.70. The first-order chi connectivity index (χ1) is 22.1. The van der Waals surface area contributed by atoms with Crippen molar-refractivity contribution in [2.75, 3.05) is 18.8 Å². The standard InChI is InChI=1S/C36H31F3N4O2S/c37-27-8-5-22(6-9-27)30-17-25(21-1-3-23(4-2-21)35(45)43-13-11-36(38,39)12-14-43)15-26-16-28(46-33(26)30)20-42-34(44)31-18-29(31)24-7-10-32(40)41-19-24/h1-10,15-17,19,29,31H,11-14,18,20H2,(H2,40,41)(H,42,44)/t29-,31+/m1/s1. The van der Waals surface area contributed by atoms with E-state index in [0.717, 1.165) is 49.2 Å². The minimum absolute atomic E-state index is 0.00614. The number of hydrogen-bond donors (Lipinski definition) is 2. The van der Waals surface area contributed by atoms with Gasteiger partial charge in [-0.25, -0.2) is 18.2 Å². The van der Waals surface area contributed by atoms with E-state index in [1.165, 1.54) is 17.0 Å². The number of halogens is 3. The van der Waals surface area contributed by atoms with E-state index in [2.05, 4.69) is 22.4 Å². The Morgan fingerprint density at radius 1 is 0.935 bits per heavy atom. The molecule has 0 spiro atoms. The van der Waals surface area contributed by atoms with Crippen molar-refractivity contribution in [3.63, 3.8) is 0 Å². The van der Waals surface area contributed by atoms with Crippen LogP contribution in [-0.2, 0) is 11.3 Å². The number of amides is 2. The Bertz CT molecular complexity index is 1910. The van der Waals surface area contributed by atoms with E-state index in [1.54, 1.807) is 47.9 Å². The lowest BCUT2D eigenvalue weighted by Gasteiger charge is -2.31. The van der Waals surface area contributed by atoms with Crippen molar-refractivity contribution in [1.29, 1.82) is 0 Å². The number of thiophene rings is 1. The Morgan fingerprint density at radius 2 is 1.65 bits per heavy atom. The highest BCUT2D eigenvalue weighted by atomic mass is 32.1. The number of nitrogens with zero attached hydrogens (tertiary/aromatic N) is 2. The first kappa shape index (κ1) is 30.0. The lowest BCUT2D eigenvalue weighted by atomic mass is 9.96. The van der Waals surface area contributed by atoms with Crippen LogP contribution in [-0.4, -0.2) is 40.7 Å². The quantitative estimate of drug-likeness (QED) is 0.191. The number of pyridine rings is 1. The van der Waals surface area contributed by atoms with Crippen LogP contribution in [0.2, 0.25) is 0 Å². The third-order valence-electron chi connectivity index (χ3n) is 8.87. The van der Waals surface area contributed by atoms with Gasteiger partial charge in [0.15, 0.2) is 0 Å². The summed E-state index contributed by atoms with van der Waals surface area (Å²) in [6.45, 7) is 0.458. The Balaban J connectivity index is 1.12. The molecule has 7 rings (SSSR count). The molecule has 234 valence electrons. The molecule has 2 amide bonds. The molecule has 0 bridgehead atoms. The number of aromatic nitrogens is 1. The predicted octanol–water partition coefficient (Wildman–Crippen LogP) is 7.64. The number of nitrogen functional groups attached to an aromatic ring is 1.